The lowest BCUT2D eigenvalue weighted by molar-refractivity contribution is -0.163. The highest BCUT2D eigenvalue weighted by molar-refractivity contribution is 5.89. The van der Waals surface area contributed by atoms with Crippen molar-refractivity contribution in [3.05, 3.63) is 12.2 Å². The maximum atomic E-state index is 13.9. The number of alkyl halides is 1. The zero-order chi connectivity index (χ0) is 10.5. The van der Waals surface area contributed by atoms with Crippen molar-refractivity contribution in [2.45, 2.75) is 17.9 Å². The van der Waals surface area contributed by atoms with Crippen molar-refractivity contribution in [3.63, 3.8) is 0 Å². The molecule has 0 aromatic heterocycles. The molecule has 4 atom stereocenters. The van der Waals surface area contributed by atoms with Crippen LogP contribution < -0.4 is 0 Å². The van der Waals surface area contributed by atoms with Crippen LogP contribution in [0, 0.1) is 5.92 Å². The summed E-state index contributed by atoms with van der Waals surface area (Å²) in [4.78, 5) is 21.4. The fourth-order valence-corrected chi connectivity index (χ4v) is 1.89. The average Bonchev–Trinajstić information content (AvgIpc) is 2.61. The first-order valence-electron chi connectivity index (χ1n) is 3.97. The highest BCUT2D eigenvalue weighted by Gasteiger charge is 2.66. The van der Waals surface area contributed by atoms with Crippen LogP contribution in [0.25, 0.3) is 0 Å². The van der Waals surface area contributed by atoms with Crippen molar-refractivity contribution in [2.24, 2.45) is 5.92 Å². The number of aliphatic carboxylic acids is 2. The number of ether oxygens (including phenoxy) is 1. The van der Waals surface area contributed by atoms with E-state index in [1.807, 2.05) is 0 Å². The number of carbonyl (C=O) groups is 2. The summed E-state index contributed by atoms with van der Waals surface area (Å²) in [6.07, 6.45) is 0.368. The molecule has 2 aliphatic rings. The number of halogens is 1. The van der Waals surface area contributed by atoms with Crippen molar-refractivity contribution in [1.29, 1.82) is 0 Å². The first kappa shape index (κ1) is 9.14. The summed E-state index contributed by atoms with van der Waals surface area (Å²) < 4.78 is 18.8. The van der Waals surface area contributed by atoms with Gasteiger partial charge in [0, 0.05) is 0 Å². The van der Waals surface area contributed by atoms with Gasteiger partial charge in [0.2, 0.25) is 0 Å². The van der Waals surface area contributed by atoms with Crippen LogP contribution in [-0.2, 0) is 14.3 Å². The molecule has 2 heterocycles. The Morgan fingerprint density at radius 3 is 2.43 bits per heavy atom. The molecule has 1 saturated heterocycles. The number of hydrogen-bond acceptors (Lipinski definition) is 3. The van der Waals surface area contributed by atoms with Crippen LogP contribution in [0.15, 0.2) is 12.2 Å². The molecule has 4 unspecified atom stereocenters. The van der Waals surface area contributed by atoms with Gasteiger partial charge in [-0.2, -0.15) is 0 Å². The van der Waals surface area contributed by atoms with Gasteiger partial charge >= 0.3 is 11.9 Å². The van der Waals surface area contributed by atoms with Crippen LogP contribution in [0.3, 0.4) is 0 Å². The maximum Gasteiger partial charge on any atom is 0.345 e. The van der Waals surface area contributed by atoms with E-state index in [0.29, 0.717) is 0 Å². The molecule has 14 heavy (non-hydrogen) atoms. The van der Waals surface area contributed by atoms with E-state index in [9.17, 15) is 14.0 Å². The lowest BCUT2D eigenvalue weighted by atomic mass is 9.80. The van der Waals surface area contributed by atoms with E-state index in [1.54, 1.807) is 0 Å². The maximum absolute atomic E-state index is 13.9. The molecule has 0 aromatic rings. The number of rotatable bonds is 2. The Bertz CT molecular complexity index is 339. The lowest BCUT2D eigenvalue weighted by Gasteiger charge is -2.24. The minimum atomic E-state index is -2.84. The van der Waals surface area contributed by atoms with Crippen LogP contribution >= 0.6 is 0 Å². The summed E-state index contributed by atoms with van der Waals surface area (Å²) in [6, 6.07) is 0. The number of hydrogen-bond donors (Lipinski definition) is 2. The molecule has 2 bridgehead atoms. The highest BCUT2D eigenvalue weighted by atomic mass is 19.1. The fourth-order valence-electron chi connectivity index (χ4n) is 1.89. The van der Waals surface area contributed by atoms with Gasteiger partial charge in [-0.3, -0.25) is 4.79 Å². The third-order valence-electron chi connectivity index (χ3n) is 2.57. The summed E-state index contributed by atoms with van der Waals surface area (Å²) in [5, 5.41) is 17.4. The molecule has 76 valence electrons. The summed E-state index contributed by atoms with van der Waals surface area (Å²) in [7, 11) is 0. The topological polar surface area (TPSA) is 83.8 Å². The van der Waals surface area contributed by atoms with Gasteiger partial charge in [-0.05, 0) is 0 Å². The Balaban J connectivity index is 2.45. The molecule has 0 radical (unpaired) electrons. The van der Waals surface area contributed by atoms with Gasteiger partial charge in [0.05, 0.1) is 6.10 Å². The Morgan fingerprint density at radius 2 is 2.00 bits per heavy atom. The second kappa shape index (κ2) is 2.54. The van der Waals surface area contributed by atoms with Crippen LogP contribution in [0.4, 0.5) is 4.39 Å². The minimum Gasteiger partial charge on any atom is -0.481 e. The molecule has 2 rings (SSSR count). The highest BCUT2D eigenvalue weighted by Crippen LogP contribution is 2.45. The normalized spacial score (nSPS) is 44.2. The summed E-state index contributed by atoms with van der Waals surface area (Å²) in [5.74, 6) is -4.94. The smallest absolute Gasteiger partial charge is 0.345 e. The Labute approximate surface area is 77.8 Å². The van der Waals surface area contributed by atoms with Crippen molar-refractivity contribution >= 4 is 11.9 Å². The molecule has 1 fully saturated rings. The molecule has 0 saturated carbocycles. The number of fused-ring (bicyclic) bond motifs is 2. The Kier molecular flexibility index (Phi) is 1.66. The molecule has 5 nitrogen and oxygen atoms in total. The van der Waals surface area contributed by atoms with Gasteiger partial charge in [0.25, 0.3) is 5.67 Å². The first-order chi connectivity index (χ1) is 6.48. The van der Waals surface area contributed by atoms with E-state index in [4.69, 9.17) is 14.9 Å². The molecule has 0 aliphatic carbocycles. The summed E-state index contributed by atoms with van der Waals surface area (Å²) >= 11 is 0. The first-order valence-corrected chi connectivity index (χ1v) is 3.97. The molecule has 2 aliphatic heterocycles. The average molecular weight is 202 g/mol. The van der Waals surface area contributed by atoms with E-state index in [1.165, 1.54) is 12.2 Å². The Hall–Kier alpha value is -1.43. The summed E-state index contributed by atoms with van der Waals surface area (Å²) in [6.45, 7) is 0. The van der Waals surface area contributed by atoms with Crippen molar-refractivity contribution in [1.82, 2.24) is 0 Å². The summed E-state index contributed by atoms with van der Waals surface area (Å²) in [5.41, 5.74) is -2.84. The molecule has 0 amide bonds. The zero-order valence-corrected chi connectivity index (χ0v) is 6.88. The van der Waals surface area contributed by atoms with E-state index in [-0.39, 0.29) is 0 Å². The van der Waals surface area contributed by atoms with Gasteiger partial charge in [-0.1, -0.05) is 12.2 Å². The number of carboxylic acids is 2. The molecule has 6 heteroatoms. The second-order valence-corrected chi connectivity index (χ2v) is 3.30. The monoisotopic (exact) mass is 202 g/mol. The molecular weight excluding hydrogens is 195 g/mol. The van der Waals surface area contributed by atoms with Crippen LogP contribution in [0.2, 0.25) is 0 Å². The second-order valence-electron chi connectivity index (χ2n) is 3.30. The third kappa shape index (κ3) is 0.859. The number of carboxylic acid groups (broad SMARTS) is 2. The van der Waals surface area contributed by atoms with Gasteiger partial charge in [0.1, 0.15) is 12.0 Å². The SMILES string of the molecule is O=C(O)C1C2C=CC(O2)C1(F)C(=O)O. The van der Waals surface area contributed by atoms with E-state index in [2.05, 4.69) is 0 Å². The van der Waals surface area contributed by atoms with Gasteiger partial charge in [-0.15, -0.1) is 0 Å². The zero-order valence-electron chi connectivity index (χ0n) is 6.88. The predicted octanol–water partition coefficient (Wildman–Crippen LogP) is -0.183. The predicted molar refractivity (Wildman–Crippen MR) is 40.4 cm³/mol. The van der Waals surface area contributed by atoms with Crippen molar-refractivity contribution in [2.75, 3.05) is 0 Å². The largest absolute Gasteiger partial charge is 0.481 e. The van der Waals surface area contributed by atoms with E-state index < -0.39 is 35.7 Å². The van der Waals surface area contributed by atoms with Crippen LogP contribution in [0.5, 0.6) is 0 Å². The third-order valence-corrected chi connectivity index (χ3v) is 2.57. The van der Waals surface area contributed by atoms with Gasteiger partial charge < -0.3 is 14.9 Å². The fraction of sp³-hybridized carbons (Fsp3) is 0.500. The molecular formula is C8H7FO5. The van der Waals surface area contributed by atoms with Crippen LogP contribution in [-0.4, -0.2) is 40.0 Å². The Morgan fingerprint density at radius 1 is 1.36 bits per heavy atom. The van der Waals surface area contributed by atoms with Crippen molar-refractivity contribution < 1.29 is 28.9 Å². The van der Waals surface area contributed by atoms with E-state index in [0.717, 1.165) is 0 Å². The quantitative estimate of drug-likeness (QED) is 0.606. The lowest BCUT2D eigenvalue weighted by Crippen LogP contribution is -2.51. The minimum absolute atomic E-state index is 0.974. The standard InChI is InChI=1S/C8H7FO5/c9-8(7(12)13)4-2-1-3(14-4)5(8)6(10)11/h1-5H,(H,10,11)(H,12,13). The van der Waals surface area contributed by atoms with E-state index >= 15 is 0 Å². The molecule has 0 spiro atoms. The van der Waals surface area contributed by atoms with Gasteiger partial charge in [-0.25, -0.2) is 9.18 Å². The molecule has 2 N–H and O–H groups in total. The van der Waals surface area contributed by atoms with Crippen molar-refractivity contribution in [3.8, 4) is 0 Å². The van der Waals surface area contributed by atoms with Crippen LogP contribution in [0.1, 0.15) is 0 Å². The van der Waals surface area contributed by atoms with Gasteiger partial charge in [0.15, 0.2) is 0 Å². The molecule has 0 aromatic carbocycles.